The van der Waals surface area contributed by atoms with Crippen LogP contribution in [0.1, 0.15) is 23.6 Å². The Morgan fingerprint density at radius 2 is 1.87 bits per heavy atom. The number of halogens is 1. The Bertz CT molecular complexity index is 1000. The van der Waals surface area contributed by atoms with E-state index in [2.05, 4.69) is 36.9 Å². The molecule has 0 spiro atoms. The largest absolute Gasteiger partial charge is 0.494 e. The van der Waals surface area contributed by atoms with Gasteiger partial charge in [-0.1, -0.05) is 35.1 Å². The van der Waals surface area contributed by atoms with Gasteiger partial charge in [0, 0.05) is 13.1 Å². The molecule has 0 radical (unpaired) electrons. The number of fused-ring (bicyclic) bond motifs is 1. The van der Waals surface area contributed by atoms with Gasteiger partial charge in [0.25, 0.3) is 0 Å². The molecule has 5 nitrogen and oxygen atoms in total. The van der Waals surface area contributed by atoms with Crippen LogP contribution in [-0.4, -0.2) is 49.6 Å². The zero-order valence-corrected chi connectivity index (χ0v) is 19.9. The third-order valence-electron chi connectivity index (χ3n) is 4.81. The van der Waals surface area contributed by atoms with E-state index in [1.807, 2.05) is 44.1 Å². The van der Waals surface area contributed by atoms with E-state index in [0.29, 0.717) is 19.6 Å². The molecule has 0 fully saturated rings. The molecule has 162 valence electrons. The lowest BCUT2D eigenvalue weighted by atomic mass is 10.0. The molecule has 0 saturated carbocycles. The Morgan fingerprint density at radius 3 is 2.57 bits per heavy atom. The maximum absolute atomic E-state index is 13.3. The number of likely N-dealkylation sites (N-methyl/N-ethyl adjacent to an activating group) is 1. The van der Waals surface area contributed by atoms with Crippen molar-refractivity contribution in [3.05, 3.63) is 53.1 Å². The van der Waals surface area contributed by atoms with Crippen molar-refractivity contribution in [2.45, 2.75) is 27.2 Å². The van der Waals surface area contributed by atoms with Gasteiger partial charge in [-0.3, -0.25) is 9.69 Å². The van der Waals surface area contributed by atoms with Crippen LogP contribution in [0.5, 0.6) is 5.75 Å². The van der Waals surface area contributed by atoms with Gasteiger partial charge in [-0.25, -0.2) is 4.98 Å². The number of hydrogen-bond donors (Lipinski definition) is 0. The fourth-order valence-electron chi connectivity index (χ4n) is 3.14. The molecule has 0 aliphatic rings. The zero-order valence-electron chi connectivity index (χ0n) is 18.3. The highest BCUT2D eigenvalue weighted by atomic mass is 35.5. The van der Waals surface area contributed by atoms with Crippen LogP contribution in [-0.2, 0) is 11.2 Å². The SMILES string of the molecule is CCOc1ccc2nc(N(CCN(C)C)C(=O)Cc3cc(C)ccc3C)sc2c1.Cl. The van der Waals surface area contributed by atoms with Crippen LogP contribution in [0.15, 0.2) is 36.4 Å². The van der Waals surface area contributed by atoms with Crippen LogP contribution in [0.3, 0.4) is 0 Å². The van der Waals surface area contributed by atoms with Crippen molar-refractivity contribution in [1.82, 2.24) is 9.88 Å². The highest BCUT2D eigenvalue weighted by Gasteiger charge is 2.21. The zero-order chi connectivity index (χ0) is 21.0. The molecule has 1 heterocycles. The van der Waals surface area contributed by atoms with Crippen LogP contribution < -0.4 is 9.64 Å². The molecule has 2 aromatic carbocycles. The molecule has 0 atom stereocenters. The quantitative estimate of drug-likeness (QED) is 0.494. The maximum atomic E-state index is 13.3. The third-order valence-corrected chi connectivity index (χ3v) is 5.85. The molecule has 0 N–H and O–H groups in total. The molecule has 1 amide bonds. The molecule has 0 aliphatic carbocycles. The van der Waals surface area contributed by atoms with Crippen molar-refractivity contribution >= 4 is 45.0 Å². The molecule has 3 rings (SSSR count). The summed E-state index contributed by atoms with van der Waals surface area (Å²) in [5.74, 6) is 0.904. The summed E-state index contributed by atoms with van der Waals surface area (Å²) in [6.07, 6.45) is 0.376. The standard InChI is InChI=1S/C23H29N3O2S.ClH/c1-6-28-19-9-10-20-21(15-19)29-23(24-20)26(12-11-25(4)5)22(27)14-18-13-16(2)7-8-17(18)3;/h7-10,13,15H,6,11-12,14H2,1-5H3;1H. The van der Waals surface area contributed by atoms with Crippen molar-refractivity contribution < 1.29 is 9.53 Å². The molecule has 0 bridgehead atoms. The van der Waals surface area contributed by atoms with E-state index in [1.54, 1.807) is 0 Å². The van der Waals surface area contributed by atoms with Crippen LogP contribution in [0, 0.1) is 13.8 Å². The van der Waals surface area contributed by atoms with E-state index >= 15 is 0 Å². The normalized spacial score (nSPS) is 10.9. The number of benzene rings is 2. The smallest absolute Gasteiger partial charge is 0.233 e. The Morgan fingerprint density at radius 1 is 1.10 bits per heavy atom. The van der Waals surface area contributed by atoms with Crippen LogP contribution >= 0.6 is 23.7 Å². The maximum Gasteiger partial charge on any atom is 0.233 e. The van der Waals surface area contributed by atoms with Crippen molar-refractivity contribution in [1.29, 1.82) is 0 Å². The summed E-state index contributed by atoms with van der Waals surface area (Å²) < 4.78 is 6.63. The Kier molecular flexibility index (Phi) is 8.65. The summed E-state index contributed by atoms with van der Waals surface area (Å²) in [6, 6.07) is 12.1. The average molecular weight is 448 g/mol. The number of aryl methyl sites for hydroxylation is 2. The fraction of sp³-hybridized carbons (Fsp3) is 0.391. The second-order valence-corrected chi connectivity index (χ2v) is 8.52. The summed E-state index contributed by atoms with van der Waals surface area (Å²) in [7, 11) is 4.03. The van der Waals surface area contributed by atoms with Gasteiger partial charge in [-0.05, 0) is 64.2 Å². The predicted molar refractivity (Wildman–Crippen MR) is 129 cm³/mol. The van der Waals surface area contributed by atoms with Gasteiger partial charge in [0.2, 0.25) is 5.91 Å². The molecule has 30 heavy (non-hydrogen) atoms. The third kappa shape index (κ3) is 5.94. The van der Waals surface area contributed by atoms with E-state index in [-0.39, 0.29) is 18.3 Å². The Labute approximate surface area is 189 Å². The predicted octanol–water partition coefficient (Wildman–Crippen LogP) is 4.87. The van der Waals surface area contributed by atoms with Gasteiger partial charge < -0.3 is 9.64 Å². The number of thiazole rings is 1. The topological polar surface area (TPSA) is 45.7 Å². The van der Waals surface area contributed by atoms with E-state index in [9.17, 15) is 4.79 Å². The number of amides is 1. The van der Waals surface area contributed by atoms with Crippen LogP contribution in [0.4, 0.5) is 5.13 Å². The molecule has 0 aliphatic heterocycles. The minimum Gasteiger partial charge on any atom is -0.494 e. The molecular weight excluding hydrogens is 418 g/mol. The summed E-state index contributed by atoms with van der Waals surface area (Å²) in [4.78, 5) is 21.9. The van der Waals surface area contributed by atoms with Crippen LogP contribution in [0.2, 0.25) is 0 Å². The van der Waals surface area contributed by atoms with E-state index in [1.165, 1.54) is 16.9 Å². The molecule has 1 aromatic heterocycles. The van der Waals surface area contributed by atoms with Gasteiger partial charge in [0.1, 0.15) is 5.75 Å². The van der Waals surface area contributed by atoms with Gasteiger partial charge in [-0.15, -0.1) is 12.4 Å². The molecule has 0 saturated heterocycles. The molecule has 0 unspecified atom stereocenters. The highest BCUT2D eigenvalue weighted by Crippen LogP contribution is 2.32. The summed E-state index contributed by atoms with van der Waals surface area (Å²) in [5.41, 5.74) is 4.27. The first-order valence-electron chi connectivity index (χ1n) is 9.92. The molecular formula is C23H30ClN3O2S. The Balaban J connectivity index is 0.00000320. The van der Waals surface area contributed by atoms with Crippen molar-refractivity contribution in [2.24, 2.45) is 0 Å². The number of hydrogen-bond acceptors (Lipinski definition) is 5. The number of carbonyl (C=O) groups is 1. The second kappa shape index (κ2) is 10.8. The van der Waals surface area contributed by atoms with Gasteiger partial charge in [0.05, 0.1) is 23.2 Å². The van der Waals surface area contributed by atoms with E-state index < -0.39 is 0 Å². The second-order valence-electron chi connectivity index (χ2n) is 7.51. The number of nitrogens with zero attached hydrogens (tertiary/aromatic N) is 3. The lowest BCUT2D eigenvalue weighted by Gasteiger charge is -2.22. The summed E-state index contributed by atoms with van der Waals surface area (Å²) in [6.45, 7) is 8.09. The fourth-order valence-corrected chi connectivity index (χ4v) is 4.18. The minimum atomic E-state index is 0. The lowest BCUT2D eigenvalue weighted by Crippen LogP contribution is -2.37. The first-order valence-corrected chi connectivity index (χ1v) is 10.7. The first-order chi connectivity index (χ1) is 13.9. The van der Waals surface area contributed by atoms with Crippen molar-refractivity contribution in [2.75, 3.05) is 38.7 Å². The first kappa shape index (κ1) is 24.1. The summed E-state index contributed by atoms with van der Waals surface area (Å²) >= 11 is 1.54. The van der Waals surface area contributed by atoms with Crippen LogP contribution in [0.25, 0.3) is 10.2 Å². The number of rotatable bonds is 8. The minimum absolute atomic E-state index is 0. The van der Waals surface area contributed by atoms with E-state index in [4.69, 9.17) is 9.72 Å². The molecule has 3 aromatic rings. The number of ether oxygens (including phenoxy) is 1. The van der Waals surface area contributed by atoms with Gasteiger partial charge >= 0.3 is 0 Å². The van der Waals surface area contributed by atoms with E-state index in [0.717, 1.165) is 38.8 Å². The highest BCUT2D eigenvalue weighted by molar-refractivity contribution is 7.22. The number of aromatic nitrogens is 1. The monoisotopic (exact) mass is 447 g/mol. The van der Waals surface area contributed by atoms with Gasteiger partial charge in [-0.2, -0.15) is 0 Å². The number of carbonyl (C=O) groups excluding carboxylic acids is 1. The lowest BCUT2D eigenvalue weighted by molar-refractivity contribution is -0.118. The molecule has 7 heteroatoms. The number of anilines is 1. The average Bonchev–Trinajstić information content (AvgIpc) is 3.08. The Hall–Kier alpha value is -2.15. The summed E-state index contributed by atoms with van der Waals surface area (Å²) in [5, 5.41) is 0.741. The van der Waals surface area contributed by atoms with Crippen molar-refractivity contribution in [3.8, 4) is 5.75 Å². The van der Waals surface area contributed by atoms with Gasteiger partial charge in [0.15, 0.2) is 5.13 Å². The van der Waals surface area contributed by atoms with Crippen molar-refractivity contribution in [3.63, 3.8) is 0 Å².